The maximum absolute atomic E-state index is 13.1. The molecule has 3 rings (SSSR count). The van der Waals surface area contributed by atoms with Crippen molar-refractivity contribution in [1.82, 2.24) is 4.90 Å². The highest BCUT2D eigenvalue weighted by molar-refractivity contribution is 5.85. The zero-order valence-electron chi connectivity index (χ0n) is 22.8. The third kappa shape index (κ3) is 6.65. The van der Waals surface area contributed by atoms with Gasteiger partial charge in [0.15, 0.2) is 0 Å². The number of aliphatic hydroxyl groups is 5. The van der Waals surface area contributed by atoms with Crippen molar-refractivity contribution in [2.45, 2.75) is 83.4 Å². The molecule has 0 saturated carbocycles. The molecule has 9 nitrogen and oxygen atoms in total. The molecule has 0 radical (unpaired) electrons. The summed E-state index contributed by atoms with van der Waals surface area (Å²) >= 11 is 0. The molecule has 0 aliphatic carbocycles. The summed E-state index contributed by atoms with van der Waals surface area (Å²) in [6.45, 7) is 6.96. The number of unbranched alkanes of at least 4 members (excludes halogenated alkanes) is 2. The molecule has 0 unspecified atom stereocenters. The van der Waals surface area contributed by atoms with E-state index in [0.717, 1.165) is 52.8 Å². The number of ether oxygens (including phenoxy) is 2. The van der Waals surface area contributed by atoms with E-state index < -0.39 is 42.7 Å². The number of rotatable bonds is 11. The van der Waals surface area contributed by atoms with Crippen LogP contribution in [-0.4, -0.2) is 81.1 Å². The zero-order valence-corrected chi connectivity index (χ0v) is 22.8. The van der Waals surface area contributed by atoms with E-state index in [4.69, 9.17) is 14.6 Å². The minimum absolute atomic E-state index is 0.332. The van der Waals surface area contributed by atoms with Gasteiger partial charge < -0.3 is 39.9 Å². The van der Waals surface area contributed by atoms with Crippen LogP contribution in [0.5, 0.6) is 11.5 Å². The monoisotopic (exact) mass is 531 g/mol. The Morgan fingerprint density at radius 1 is 1.05 bits per heavy atom. The van der Waals surface area contributed by atoms with Crippen LogP contribution in [0.3, 0.4) is 0 Å². The quantitative estimate of drug-likeness (QED) is 0.279. The maximum atomic E-state index is 13.1. The number of benzene rings is 2. The number of likely N-dealkylation sites (N-methyl/N-ethyl adjacent to an activating group) is 1. The van der Waals surface area contributed by atoms with E-state index in [9.17, 15) is 25.2 Å². The number of hydrogen-bond donors (Lipinski definition) is 5. The number of amides is 1. The average Bonchev–Trinajstić information content (AvgIpc) is 2.86. The predicted molar refractivity (Wildman–Crippen MR) is 143 cm³/mol. The first kappa shape index (κ1) is 29.9. The van der Waals surface area contributed by atoms with Crippen molar-refractivity contribution in [3.8, 4) is 22.6 Å². The van der Waals surface area contributed by atoms with Gasteiger partial charge in [0, 0.05) is 12.6 Å². The second-order valence-electron chi connectivity index (χ2n) is 10.6. The van der Waals surface area contributed by atoms with Crippen LogP contribution >= 0.6 is 0 Å². The number of carbonyl (C=O) groups is 1. The minimum atomic E-state index is -1.79. The molecule has 0 aromatic heterocycles. The first-order valence-corrected chi connectivity index (χ1v) is 13.1. The highest BCUT2D eigenvalue weighted by atomic mass is 16.6. The lowest BCUT2D eigenvalue weighted by Crippen LogP contribution is -2.50. The smallest absolute Gasteiger partial charge is 0.415 e. The van der Waals surface area contributed by atoms with Gasteiger partial charge in [-0.1, -0.05) is 43.5 Å². The molecule has 210 valence electrons. The molecule has 0 bridgehead atoms. The molecule has 9 heteroatoms. The lowest BCUT2D eigenvalue weighted by Gasteiger charge is -2.36. The van der Waals surface area contributed by atoms with Crippen molar-refractivity contribution in [2.75, 3.05) is 20.2 Å². The van der Waals surface area contributed by atoms with Crippen LogP contribution in [0, 0.1) is 6.92 Å². The lowest BCUT2D eigenvalue weighted by atomic mass is 9.84. The van der Waals surface area contributed by atoms with E-state index in [-0.39, 0.29) is 6.54 Å². The van der Waals surface area contributed by atoms with Crippen LogP contribution in [0.2, 0.25) is 0 Å². The van der Waals surface area contributed by atoms with Gasteiger partial charge in [-0.05, 0) is 56.9 Å². The van der Waals surface area contributed by atoms with Crippen LogP contribution in [0.1, 0.15) is 56.7 Å². The highest BCUT2D eigenvalue weighted by Gasteiger charge is 2.36. The molecule has 1 aliphatic heterocycles. The molecular formula is C29H41NO8. The topological polar surface area (TPSA) is 140 Å². The van der Waals surface area contributed by atoms with Gasteiger partial charge in [0.25, 0.3) is 0 Å². The summed E-state index contributed by atoms with van der Waals surface area (Å²) in [5, 5.41) is 48.9. The van der Waals surface area contributed by atoms with E-state index >= 15 is 0 Å². The van der Waals surface area contributed by atoms with Gasteiger partial charge in [0.1, 0.15) is 41.5 Å². The normalized spacial score (nSPS) is 16.9. The van der Waals surface area contributed by atoms with E-state index in [1.807, 2.05) is 51.1 Å². The fourth-order valence-electron chi connectivity index (χ4n) is 4.71. The van der Waals surface area contributed by atoms with Gasteiger partial charge in [-0.2, -0.15) is 0 Å². The van der Waals surface area contributed by atoms with E-state index in [1.54, 1.807) is 0 Å². The molecule has 1 aliphatic rings. The zero-order chi connectivity index (χ0) is 28.2. The second kappa shape index (κ2) is 12.4. The van der Waals surface area contributed by atoms with Crippen molar-refractivity contribution in [3.63, 3.8) is 0 Å². The van der Waals surface area contributed by atoms with Crippen LogP contribution in [0.25, 0.3) is 11.1 Å². The van der Waals surface area contributed by atoms with Gasteiger partial charge in [0.05, 0.1) is 18.7 Å². The van der Waals surface area contributed by atoms with Gasteiger partial charge in [-0.15, -0.1) is 0 Å². The summed E-state index contributed by atoms with van der Waals surface area (Å²) in [4.78, 5) is 14.2. The SMILES string of the molecule is CCCCCc1cc(OC(=O)N(C)C[C@H](O)[C@@H](O)[C@H](O)[C@H](O)CO)c2c(c1)OC(C)(C)c1ccc(C)cc1-2. The van der Waals surface area contributed by atoms with Crippen molar-refractivity contribution in [3.05, 3.63) is 47.0 Å². The Kier molecular flexibility index (Phi) is 9.78. The lowest BCUT2D eigenvalue weighted by molar-refractivity contribution is -0.117. The molecule has 2 aromatic carbocycles. The maximum Gasteiger partial charge on any atom is 0.415 e. The number of aliphatic hydroxyl groups excluding tert-OH is 5. The number of fused-ring (bicyclic) bond motifs is 3. The summed E-state index contributed by atoms with van der Waals surface area (Å²) in [5.74, 6) is 0.961. The Bertz CT molecular complexity index is 1120. The van der Waals surface area contributed by atoms with Crippen LogP contribution in [0.15, 0.2) is 30.3 Å². The summed E-state index contributed by atoms with van der Waals surface area (Å²) < 4.78 is 12.3. The number of hydrogen-bond acceptors (Lipinski definition) is 8. The first-order chi connectivity index (χ1) is 17.9. The molecular weight excluding hydrogens is 490 g/mol. The van der Waals surface area contributed by atoms with E-state index in [1.165, 1.54) is 7.05 Å². The third-order valence-corrected chi connectivity index (χ3v) is 6.95. The Morgan fingerprint density at radius 2 is 1.74 bits per heavy atom. The second-order valence-corrected chi connectivity index (χ2v) is 10.6. The Hall–Kier alpha value is -2.69. The molecule has 0 saturated heterocycles. The Morgan fingerprint density at radius 3 is 2.39 bits per heavy atom. The van der Waals surface area contributed by atoms with Crippen LogP contribution in [0.4, 0.5) is 4.79 Å². The fraction of sp³-hybridized carbons (Fsp3) is 0.552. The number of carbonyl (C=O) groups excluding carboxylic acids is 1. The van der Waals surface area contributed by atoms with E-state index in [0.29, 0.717) is 17.1 Å². The molecule has 2 aromatic rings. The predicted octanol–water partition coefficient (Wildman–Crippen LogP) is 2.89. The molecule has 0 fully saturated rings. The number of nitrogens with zero attached hydrogens (tertiary/aromatic N) is 1. The van der Waals surface area contributed by atoms with Crippen LogP contribution < -0.4 is 9.47 Å². The van der Waals surface area contributed by atoms with E-state index in [2.05, 4.69) is 6.92 Å². The van der Waals surface area contributed by atoms with Crippen molar-refractivity contribution >= 4 is 6.09 Å². The van der Waals surface area contributed by atoms with Crippen molar-refractivity contribution in [2.24, 2.45) is 0 Å². The largest absolute Gasteiger partial charge is 0.482 e. The summed E-state index contributed by atoms with van der Waals surface area (Å²) in [7, 11) is 1.39. The Balaban J connectivity index is 1.92. The number of aryl methyl sites for hydroxylation is 2. The molecule has 4 atom stereocenters. The molecule has 0 spiro atoms. The molecule has 1 amide bonds. The van der Waals surface area contributed by atoms with Gasteiger partial charge >= 0.3 is 6.09 Å². The highest BCUT2D eigenvalue weighted by Crippen LogP contribution is 2.50. The average molecular weight is 532 g/mol. The third-order valence-electron chi connectivity index (χ3n) is 6.95. The molecule has 1 heterocycles. The van der Waals surface area contributed by atoms with Gasteiger partial charge in [-0.25, -0.2) is 4.79 Å². The fourth-order valence-corrected chi connectivity index (χ4v) is 4.71. The summed E-state index contributed by atoms with van der Waals surface area (Å²) in [5.41, 5.74) is 4.00. The molecule has 5 N–H and O–H groups in total. The standard InChI is InChI=1S/C29H41NO8/c1-6-7-8-9-18-13-23(37-28(36)30(5)15-21(32)26(34)27(35)22(33)16-31)25-19-12-17(2)10-11-20(19)29(3,4)38-24(25)14-18/h10-14,21-22,26-27,31-35H,6-9,15-16H2,1-5H3/t21-,22+,26+,27+/m0/s1. The van der Waals surface area contributed by atoms with Crippen LogP contribution in [-0.2, 0) is 12.0 Å². The first-order valence-electron chi connectivity index (χ1n) is 13.1. The van der Waals surface area contributed by atoms with Gasteiger partial charge in [-0.3, -0.25) is 0 Å². The molecule has 38 heavy (non-hydrogen) atoms. The minimum Gasteiger partial charge on any atom is -0.482 e. The van der Waals surface area contributed by atoms with Gasteiger partial charge in [0.2, 0.25) is 0 Å². The summed E-state index contributed by atoms with van der Waals surface area (Å²) in [6, 6.07) is 9.94. The Labute approximate surface area is 224 Å². The summed E-state index contributed by atoms with van der Waals surface area (Å²) in [6.07, 6.45) is -3.65. The van der Waals surface area contributed by atoms with Crippen molar-refractivity contribution < 1.29 is 39.8 Å². The van der Waals surface area contributed by atoms with Crippen molar-refractivity contribution in [1.29, 1.82) is 0 Å².